The van der Waals surface area contributed by atoms with Gasteiger partial charge in [0.2, 0.25) is 0 Å². The van der Waals surface area contributed by atoms with Gasteiger partial charge in [0.15, 0.2) is 0 Å². The lowest BCUT2D eigenvalue weighted by Gasteiger charge is -2.16. The summed E-state index contributed by atoms with van der Waals surface area (Å²) < 4.78 is 0. The van der Waals surface area contributed by atoms with E-state index in [-0.39, 0.29) is 17.6 Å². The molecule has 0 unspecified atom stereocenters. The average molecular weight is 221 g/mol. The van der Waals surface area contributed by atoms with Crippen LogP contribution in [-0.2, 0) is 11.2 Å². The maximum atomic E-state index is 11.4. The molecule has 0 spiro atoms. The van der Waals surface area contributed by atoms with Gasteiger partial charge in [-0.15, -0.1) is 0 Å². The lowest BCUT2D eigenvalue weighted by atomic mass is 9.95. The third-order valence-corrected chi connectivity index (χ3v) is 2.93. The number of phenolic OH excluding ortho intramolecular Hbond substituents is 1. The number of Topliss-reactive ketones (excluding diaryl/α,β-unsaturated/α-hetero) is 1. The van der Waals surface area contributed by atoms with Crippen LogP contribution in [0.5, 0.6) is 5.75 Å². The normalized spacial score (nSPS) is 12.5. The first-order chi connectivity index (χ1) is 7.45. The fraction of sp³-hybridized carbons (Fsp3) is 0.462. The molecular formula is C13H19NO2. The van der Waals surface area contributed by atoms with Gasteiger partial charge in [-0.2, -0.15) is 0 Å². The van der Waals surface area contributed by atoms with Crippen LogP contribution in [0, 0.1) is 13.8 Å². The van der Waals surface area contributed by atoms with E-state index < -0.39 is 0 Å². The standard InChI is InChI=1S/C13H19NO2/c1-8-5-11(16)6-9(2)12(8)7-13(14-4)10(3)15/h5-6,13-14,16H,7H2,1-4H3/t13-/m0/s1. The number of hydrogen-bond acceptors (Lipinski definition) is 3. The smallest absolute Gasteiger partial charge is 0.147 e. The third kappa shape index (κ3) is 2.83. The van der Waals surface area contributed by atoms with Crippen LogP contribution in [-0.4, -0.2) is 24.0 Å². The van der Waals surface area contributed by atoms with Crippen LogP contribution in [0.15, 0.2) is 12.1 Å². The fourth-order valence-corrected chi connectivity index (χ4v) is 1.95. The van der Waals surface area contributed by atoms with Crippen molar-refractivity contribution < 1.29 is 9.90 Å². The van der Waals surface area contributed by atoms with Gasteiger partial charge in [-0.1, -0.05) is 0 Å². The molecule has 0 aliphatic carbocycles. The molecule has 0 saturated carbocycles. The summed E-state index contributed by atoms with van der Waals surface area (Å²) in [7, 11) is 1.79. The molecule has 0 aromatic heterocycles. The third-order valence-electron chi connectivity index (χ3n) is 2.93. The highest BCUT2D eigenvalue weighted by Crippen LogP contribution is 2.22. The molecule has 1 atom stereocenters. The number of carbonyl (C=O) groups excluding carboxylic acids is 1. The molecule has 88 valence electrons. The Balaban J connectivity index is 3.01. The molecule has 0 saturated heterocycles. The van der Waals surface area contributed by atoms with Crippen molar-refractivity contribution in [3.63, 3.8) is 0 Å². The van der Waals surface area contributed by atoms with Crippen LogP contribution >= 0.6 is 0 Å². The van der Waals surface area contributed by atoms with Gasteiger partial charge in [0.1, 0.15) is 11.5 Å². The second-order valence-electron chi connectivity index (χ2n) is 4.21. The molecule has 1 rings (SSSR count). The summed E-state index contributed by atoms with van der Waals surface area (Å²) in [6.07, 6.45) is 0.670. The van der Waals surface area contributed by atoms with E-state index in [1.54, 1.807) is 26.1 Å². The zero-order valence-electron chi connectivity index (χ0n) is 10.3. The molecule has 2 N–H and O–H groups in total. The van der Waals surface area contributed by atoms with Crippen molar-refractivity contribution >= 4 is 5.78 Å². The highest BCUT2D eigenvalue weighted by molar-refractivity contribution is 5.81. The van der Waals surface area contributed by atoms with Crippen molar-refractivity contribution in [2.45, 2.75) is 33.2 Å². The highest BCUT2D eigenvalue weighted by Gasteiger charge is 2.15. The summed E-state index contributed by atoms with van der Waals surface area (Å²) in [5.41, 5.74) is 3.19. The zero-order chi connectivity index (χ0) is 12.3. The summed E-state index contributed by atoms with van der Waals surface area (Å²) in [6.45, 7) is 5.50. The van der Waals surface area contributed by atoms with Gasteiger partial charge in [0.25, 0.3) is 0 Å². The summed E-state index contributed by atoms with van der Waals surface area (Å²) >= 11 is 0. The van der Waals surface area contributed by atoms with Crippen molar-refractivity contribution in [2.75, 3.05) is 7.05 Å². The van der Waals surface area contributed by atoms with Gasteiger partial charge >= 0.3 is 0 Å². The molecule has 0 aliphatic rings. The Kier molecular flexibility index (Phi) is 4.07. The highest BCUT2D eigenvalue weighted by atomic mass is 16.3. The number of rotatable bonds is 4. The van der Waals surface area contributed by atoms with Crippen molar-refractivity contribution in [1.82, 2.24) is 5.32 Å². The Morgan fingerprint density at radius 3 is 2.25 bits per heavy atom. The van der Waals surface area contributed by atoms with Gasteiger partial charge in [-0.3, -0.25) is 4.79 Å². The second-order valence-corrected chi connectivity index (χ2v) is 4.21. The number of aryl methyl sites for hydroxylation is 2. The maximum Gasteiger partial charge on any atom is 0.147 e. The van der Waals surface area contributed by atoms with E-state index in [0.29, 0.717) is 6.42 Å². The van der Waals surface area contributed by atoms with E-state index in [4.69, 9.17) is 0 Å². The lowest BCUT2D eigenvalue weighted by Crippen LogP contribution is -2.34. The zero-order valence-corrected chi connectivity index (χ0v) is 10.3. The molecular weight excluding hydrogens is 202 g/mol. The molecule has 0 amide bonds. The monoisotopic (exact) mass is 221 g/mol. The lowest BCUT2D eigenvalue weighted by molar-refractivity contribution is -0.118. The van der Waals surface area contributed by atoms with Crippen LogP contribution in [0.3, 0.4) is 0 Å². The van der Waals surface area contributed by atoms with Gasteiger partial charge in [-0.25, -0.2) is 0 Å². The Morgan fingerprint density at radius 1 is 1.38 bits per heavy atom. The van der Waals surface area contributed by atoms with Crippen LogP contribution in [0.4, 0.5) is 0 Å². The number of benzene rings is 1. The molecule has 16 heavy (non-hydrogen) atoms. The predicted molar refractivity (Wildman–Crippen MR) is 64.8 cm³/mol. The number of aromatic hydroxyl groups is 1. The van der Waals surface area contributed by atoms with E-state index in [9.17, 15) is 9.90 Å². The topological polar surface area (TPSA) is 49.3 Å². The maximum absolute atomic E-state index is 11.4. The van der Waals surface area contributed by atoms with Crippen molar-refractivity contribution in [1.29, 1.82) is 0 Å². The first-order valence-electron chi connectivity index (χ1n) is 5.42. The molecule has 1 aromatic carbocycles. The largest absolute Gasteiger partial charge is 0.508 e. The van der Waals surface area contributed by atoms with Crippen molar-refractivity contribution in [2.24, 2.45) is 0 Å². The van der Waals surface area contributed by atoms with Crippen LogP contribution in [0.25, 0.3) is 0 Å². The fourth-order valence-electron chi connectivity index (χ4n) is 1.95. The molecule has 0 aliphatic heterocycles. The number of phenols is 1. The molecule has 0 heterocycles. The summed E-state index contributed by atoms with van der Waals surface area (Å²) in [5.74, 6) is 0.414. The van der Waals surface area contributed by atoms with Crippen molar-refractivity contribution in [3.05, 3.63) is 28.8 Å². The minimum absolute atomic E-state index is 0.134. The summed E-state index contributed by atoms with van der Waals surface area (Å²) in [5, 5.41) is 12.4. The number of ketones is 1. The summed E-state index contributed by atoms with van der Waals surface area (Å²) in [4.78, 5) is 11.4. The quantitative estimate of drug-likeness (QED) is 0.814. The van der Waals surface area contributed by atoms with E-state index in [1.807, 2.05) is 13.8 Å². The first kappa shape index (κ1) is 12.7. The number of likely N-dealkylation sites (N-methyl/N-ethyl adjacent to an activating group) is 1. The van der Waals surface area contributed by atoms with Gasteiger partial charge in [-0.05, 0) is 63.1 Å². The Morgan fingerprint density at radius 2 is 1.88 bits per heavy atom. The SMILES string of the molecule is CN[C@@H](Cc1c(C)cc(O)cc1C)C(C)=O. The van der Waals surface area contributed by atoms with E-state index in [0.717, 1.165) is 16.7 Å². The minimum atomic E-state index is -0.151. The predicted octanol–water partition coefficient (Wildman–Crippen LogP) is 1.73. The van der Waals surface area contributed by atoms with Gasteiger partial charge < -0.3 is 10.4 Å². The Labute approximate surface area is 96.5 Å². The number of hydrogen-bond donors (Lipinski definition) is 2. The van der Waals surface area contributed by atoms with E-state index in [2.05, 4.69) is 5.32 Å². The minimum Gasteiger partial charge on any atom is -0.508 e. The molecule has 3 nitrogen and oxygen atoms in total. The van der Waals surface area contributed by atoms with Crippen molar-refractivity contribution in [3.8, 4) is 5.75 Å². The van der Waals surface area contributed by atoms with Crippen LogP contribution < -0.4 is 5.32 Å². The molecule has 3 heteroatoms. The van der Waals surface area contributed by atoms with Crippen LogP contribution in [0.1, 0.15) is 23.6 Å². The number of carbonyl (C=O) groups is 1. The van der Waals surface area contributed by atoms with E-state index in [1.165, 1.54) is 0 Å². The average Bonchev–Trinajstić information content (AvgIpc) is 2.15. The molecule has 0 bridgehead atoms. The molecule has 0 fully saturated rings. The van der Waals surface area contributed by atoms with Gasteiger partial charge in [0.05, 0.1) is 6.04 Å². The molecule has 0 radical (unpaired) electrons. The Hall–Kier alpha value is -1.35. The Bertz CT molecular complexity index is 376. The van der Waals surface area contributed by atoms with Gasteiger partial charge in [0, 0.05) is 0 Å². The molecule has 1 aromatic rings. The first-order valence-corrected chi connectivity index (χ1v) is 5.42. The summed E-state index contributed by atoms with van der Waals surface area (Å²) in [6, 6.07) is 3.31. The van der Waals surface area contributed by atoms with Crippen LogP contribution in [0.2, 0.25) is 0 Å². The van der Waals surface area contributed by atoms with E-state index >= 15 is 0 Å². The second kappa shape index (κ2) is 5.12. The number of nitrogens with one attached hydrogen (secondary N) is 1.